The van der Waals surface area contributed by atoms with Crippen LogP contribution in [0, 0.1) is 65.2 Å². The molecule has 28 heavy (non-hydrogen) atoms. The molecular weight excluding hydrogens is 352 g/mol. The molecule has 0 amide bonds. The van der Waals surface area contributed by atoms with E-state index in [2.05, 4.69) is 19.5 Å². The summed E-state index contributed by atoms with van der Waals surface area (Å²) in [6.45, 7) is 22.1. The van der Waals surface area contributed by atoms with Gasteiger partial charge < -0.3 is 0 Å². The lowest BCUT2D eigenvalue weighted by Crippen LogP contribution is -2.04. The monoisotopic (exact) mass is 354 g/mol. The van der Waals surface area contributed by atoms with Crippen LogP contribution in [0.3, 0.4) is 0 Å². The van der Waals surface area contributed by atoms with Gasteiger partial charge in [0.25, 0.3) is 0 Å². The molecule has 0 saturated carbocycles. The number of aliphatic imine (C=N–C) groups is 1. The van der Waals surface area contributed by atoms with Crippen molar-refractivity contribution in [2.75, 3.05) is 0 Å². The van der Waals surface area contributed by atoms with Gasteiger partial charge in [0.2, 0.25) is 11.9 Å². The van der Waals surface area contributed by atoms with E-state index in [0.717, 1.165) is 0 Å². The van der Waals surface area contributed by atoms with E-state index in [0.29, 0.717) is 11.1 Å². The normalized spacial score (nSPS) is 11.4. The number of hydrogen-bond donors (Lipinski definition) is 0. The van der Waals surface area contributed by atoms with E-state index < -0.39 is 0 Å². The van der Waals surface area contributed by atoms with Crippen molar-refractivity contribution in [1.29, 1.82) is 21.0 Å². The van der Waals surface area contributed by atoms with Crippen LogP contribution in [0.1, 0.15) is 27.8 Å². The fraction of sp³-hybridized carbons (Fsp3) is 0. The third kappa shape index (κ3) is 2.07. The Bertz CT molecular complexity index is 1320. The van der Waals surface area contributed by atoms with Crippen molar-refractivity contribution < 1.29 is 0 Å². The van der Waals surface area contributed by atoms with E-state index in [4.69, 9.17) is 25.0 Å². The highest BCUT2D eigenvalue weighted by molar-refractivity contribution is 6.30. The zero-order chi connectivity index (χ0) is 20.4. The molecule has 0 spiro atoms. The molecule has 122 valence electrons. The van der Waals surface area contributed by atoms with Gasteiger partial charge in [-0.1, -0.05) is 6.07 Å². The van der Waals surface area contributed by atoms with Crippen molar-refractivity contribution in [2.24, 2.45) is 4.99 Å². The summed E-state index contributed by atoms with van der Waals surface area (Å²) in [6, 6.07) is 8.30. The molecule has 3 rings (SSSR count). The van der Waals surface area contributed by atoms with Gasteiger partial charge in [-0.2, -0.15) is 26.0 Å². The van der Waals surface area contributed by atoms with Crippen molar-refractivity contribution in [3.8, 4) is 35.5 Å². The molecule has 2 aromatic carbocycles. The molecule has 0 heterocycles. The van der Waals surface area contributed by atoms with Crippen LogP contribution >= 0.6 is 0 Å². The van der Waals surface area contributed by atoms with Crippen molar-refractivity contribution in [1.82, 2.24) is 0 Å². The summed E-state index contributed by atoms with van der Waals surface area (Å²) >= 11 is 0. The molecule has 0 aromatic heterocycles. The molecule has 1 aliphatic rings. The first-order valence-electron chi connectivity index (χ1n) is 7.34. The minimum Gasteiger partial charge on any atom is -0.262 e. The van der Waals surface area contributed by atoms with Gasteiger partial charge in [-0.15, -0.1) is 0 Å². The Morgan fingerprint density at radius 2 is 1.39 bits per heavy atom. The first kappa shape index (κ1) is 17.4. The maximum absolute atomic E-state index is 9.62. The van der Waals surface area contributed by atoms with Crippen LogP contribution in [-0.4, -0.2) is 5.71 Å². The van der Waals surface area contributed by atoms with Gasteiger partial charge >= 0.3 is 0 Å². The fourth-order valence-electron chi connectivity index (χ4n) is 3.15. The lowest BCUT2D eigenvalue weighted by Gasteiger charge is -2.07. The second kappa shape index (κ2) is 6.45. The fourth-order valence-corrected chi connectivity index (χ4v) is 3.15. The van der Waals surface area contributed by atoms with Gasteiger partial charge in [0, 0.05) is 11.1 Å². The molecule has 0 unspecified atom stereocenters. The summed E-state index contributed by atoms with van der Waals surface area (Å²) < 4.78 is 0. The molecular formula is C20H2N8. The second-order valence-electron chi connectivity index (χ2n) is 5.34. The molecule has 1 aliphatic carbocycles. The largest absolute Gasteiger partial charge is 0.262 e. The van der Waals surface area contributed by atoms with E-state index in [9.17, 15) is 15.8 Å². The summed E-state index contributed by atoms with van der Waals surface area (Å²) in [6.07, 6.45) is 1.62. The van der Waals surface area contributed by atoms with Crippen molar-refractivity contribution in [2.45, 2.75) is 0 Å². The predicted octanol–water partition coefficient (Wildman–Crippen LogP) is 4.25. The van der Waals surface area contributed by atoms with Crippen LogP contribution < -0.4 is 0 Å². The molecule has 0 N–H and O–H groups in total. The Hall–Kier alpha value is -5.46. The first-order valence-corrected chi connectivity index (χ1v) is 7.34. The third-order valence-electron chi connectivity index (χ3n) is 4.20. The van der Waals surface area contributed by atoms with E-state index in [-0.39, 0.29) is 50.6 Å². The highest BCUT2D eigenvalue weighted by Crippen LogP contribution is 2.51. The Morgan fingerprint density at radius 1 is 0.750 bits per heavy atom. The van der Waals surface area contributed by atoms with Crippen molar-refractivity contribution in [3.05, 3.63) is 74.2 Å². The summed E-state index contributed by atoms with van der Waals surface area (Å²) in [5.41, 5.74) is 0.0964. The van der Waals surface area contributed by atoms with Crippen LogP contribution in [0.4, 0.5) is 17.1 Å². The van der Waals surface area contributed by atoms with Gasteiger partial charge in [0.05, 0.1) is 42.1 Å². The molecule has 0 radical (unpaired) electrons. The number of nitriles is 4. The Morgan fingerprint density at radius 3 is 1.89 bits per heavy atom. The average Bonchev–Trinajstić information content (AvgIpc) is 3.03. The van der Waals surface area contributed by atoms with Crippen LogP contribution in [-0.2, 0) is 0 Å². The molecule has 8 heteroatoms. The van der Waals surface area contributed by atoms with Gasteiger partial charge in [-0.25, -0.2) is 0 Å². The van der Waals surface area contributed by atoms with Crippen molar-refractivity contribution in [3.63, 3.8) is 0 Å². The average molecular weight is 354 g/mol. The maximum atomic E-state index is 9.62. The number of nitrogens with zero attached hydrogens (tertiary/aromatic N) is 8. The summed E-state index contributed by atoms with van der Waals surface area (Å²) in [5.74, 6) is 0. The second-order valence-corrected chi connectivity index (χ2v) is 5.34. The summed E-state index contributed by atoms with van der Waals surface area (Å²) in [4.78, 5) is 13.7. The van der Waals surface area contributed by atoms with E-state index >= 15 is 0 Å². The minimum absolute atomic E-state index is 0.0301. The molecule has 0 fully saturated rings. The number of hydrogen-bond acceptors (Lipinski definition) is 5. The third-order valence-corrected chi connectivity index (χ3v) is 4.20. The highest BCUT2D eigenvalue weighted by Gasteiger charge is 2.35. The summed E-state index contributed by atoms with van der Waals surface area (Å²) in [5, 5.41) is 37.5. The van der Waals surface area contributed by atoms with Gasteiger partial charge in [0.1, 0.15) is 18.2 Å². The molecule has 8 nitrogen and oxygen atoms in total. The standard InChI is InChI=1S/C20H2N8/c1-25-15-5-12-11-4-10(6-21)13(7-22)14(8-23)16(11)19(28-9-24)17(12)20(27-3)18(15)26-2/h4-5H. The van der Waals surface area contributed by atoms with Crippen LogP contribution in [0.2, 0.25) is 0 Å². The topological polar surface area (TPSA) is 121 Å². The van der Waals surface area contributed by atoms with E-state index in [1.165, 1.54) is 12.1 Å². The molecule has 0 aliphatic heterocycles. The van der Waals surface area contributed by atoms with Gasteiger partial charge in [-0.05, 0) is 17.2 Å². The Kier molecular flexibility index (Phi) is 4.00. The van der Waals surface area contributed by atoms with Gasteiger partial charge in [0.15, 0.2) is 11.4 Å². The molecule has 2 aromatic rings. The Labute approximate surface area is 159 Å². The zero-order valence-corrected chi connectivity index (χ0v) is 13.7. The van der Waals surface area contributed by atoms with Crippen molar-refractivity contribution >= 4 is 22.8 Å². The van der Waals surface area contributed by atoms with E-state index in [1.807, 2.05) is 18.2 Å². The quantitative estimate of drug-likeness (QED) is 0.442. The molecule has 0 atom stereocenters. The first-order chi connectivity index (χ1) is 13.6. The number of benzene rings is 2. The van der Waals surface area contributed by atoms with Crippen LogP contribution in [0.25, 0.3) is 25.7 Å². The summed E-state index contributed by atoms with van der Waals surface area (Å²) in [7, 11) is 0. The van der Waals surface area contributed by atoms with E-state index in [1.54, 1.807) is 6.19 Å². The lowest BCUT2D eigenvalue weighted by molar-refractivity contribution is 1.38. The highest BCUT2D eigenvalue weighted by atomic mass is 14.8. The Balaban J connectivity index is 2.67. The SMILES string of the molecule is [C-]#[N+]c1cc2c(c([N+]#[C-])c1[N+]#[C-])C(=NC#N)c1c-2cc(C#N)c(C#N)c1C#N. The number of rotatable bonds is 0. The molecule has 0 saturated heterocycles. The number of fused-ring (bicyclic) bond motifs is 3. The maximum Gasteiger partial charge on any atom is 0.206 e. The molecule has 0 bridgehead atoms. The van der Waals surface area contributed by atoms with Crippen LogP contribution in [0.5, 0.6) is 0 Å². The van der Waals surface area contributed by atoms with Gasteiger partial charge in [-0.3, -0.25) is 14.5 Å². The smallest absolute Gasteiger partial charge is 0.206 e. The lowest BCUT2D eigenvalue weighted by atomic mass is 9.92. The van der Waals surface area contributed by atoms with Crippen LogP contribution in [0.15, 0.2) is 17.1 Å². The minimum atomic E-state index is -0.179. The predicted molar refractivity (Wildman–Crippen MR) is 96.1 cm³/mol. The zero-order valence-electron chi connectivity index (χ0n) is 13.7.